The predicted molar refractivity (Wildman–Crippen MR) is 92.7 cm³/mol. The maximum Gasteiger partial charge on any atom is 0.267 e. The third-order valence-electron chi connectivity index (χ3n) is 3.10. The summed E-state index contributed by atoms with van der Waals surface area (Å²) in [4.78, 5) is 16.1. The molecule has 1 heterocycles. The number of hydrogen-bond acceptors (Lipinski definition) is 6. The van der Waals surface area contributed by atoms with Crippen molar-refractivity contribution in [2.24, 2.45) is 5.14 Å². The minimum atomic E-state index is -3.80. The Kier molecular flexibility index (Phi) is 5.49. The zero-order valence-electron chi connectivity index (χ0n) is 13.2. The summed E-state index contributed by atoms with van der Waals surface area (Å²) in [5.41, 5.74) is 1.64. The van der Waals surface area contributed by atoms with E-state index in [0.717, 1.165) is 5.69 Å². The molecule has 0 radical (unpaired) electrons. The molecule has 2 rings (SSSR count). The molecule has 0 aliphatic carbocycles. The standard InChI is InChI=1S/C16H15N5O3S/c1-11-2-3-14(10-19-11)20-9-12(8-17)16(22)21-13-4-6-15(7-5-13)25(18,23)24/h2-7,9-10,20H,1H3,(H,21,22)(H2,18,23,24)/b12-9-. The molecule has 1 aromatic carbocycles. The molecule has 0 unspecified atom stereocenters. The largest absolute Gasteiger partial charge is 0.359 e. The Bertz CT molecular complexity index is 943. The number of amides is 1. The van der Waals surface area contributed by atoms with Crippen molar-refractivity contribution in [3.63, 3.8) is 0 Å². The maximum atomic E-state index is 12.1. The summed E-state index contributed by atoms with van der Waals surface area (Å²) in [6, 6.07) is 10.6. The predicted octanol–water partition coefficient (Wildman–Crippen LogP) is 1.50. The van der Waals surface area contributed by atoms with Crippen LogP contribution in [-0.2, 0) is 14.8 Å². The first kappa shape index (κ1) is 18.1. The molecular formula is C16H15N5O3S. The number of nitrogens with two attached hydrogens (primary N) is 1. The molecule has 0 saturated carbocycles. The highest BCUT2D eigenvalue weighted by atomic mass is 32.2. The van der Waals surface area contributed by atoms with Crippen LogP contribution in [0.1, 0.15) is 5.69 Å². The SMILES string of the molecule is Cc1ccc(N/C=C(/C#N)C(=O)Nc2ccc(S(N)(=O)=O)cc2)cn1. The van der Waals surface area contributed by atoms with Gasteiger partial charge >= 0.3 is 0 Å². The Hall–Kier alpha value is -3.22. The Balaban J connectivity index is 2.08. The van der Waals surface area contributed by atoms with Crippen LogP contribution in [-0.4, -0.2) is 19.3 Å². The Labute approximate surface area is 145 Å². The average molecular weight is 357 g/mol. The molecule has 8 nitrogen and oxygen atoms in total. The number of benzene rings is 1. The van der Waals surface area contributed by atoms with E-state index in [-0.39, 0.29) is 10.5 Å². The van der Waals surface area contributed by atoms with E-state index in [4.69, 9.17) is 10.4 Å². The van der Waals surface area contributed by atoms with E-state index in [1.807, 2.05) is 6.92 Å². The van der Waals surface area contributed by atoms with Gasteiger partial charge in [0.2, 0.25) is 10.0 Å². The van der Waals surface area contributed by atoms with E-state index >= 15 is 0 Å². The van der Waals surface area contributed by atoms with E-state index in [9.17, 15) is 13.2 Å². The van der Waals surface area contributed by atoms with E-state index in [0.29, 0.717) is 11.4 Å². The zero-order chi connectivity index (χ0) is 18.4. The molecule has 0 saturated heterocycles. The van der Waals surface area contributed by atoms with Gasteiger partial charge in [-0.25, -0.2) is 13.6 Å². The van der Waals surface area contributed by atoms with Crippen LogP contribution in [0.4, 0.5) is 11.4 Å². The highest BCUT2D eigenvalue weighted by molar-refractivity contribution is 7.89. The molecule has 2 aromatic rings. The van der Waals surface area contributed by atoms with Crippen molar-refractivity contribution in [2.45, 2.75) is 11.8 Å². The number of nitrogens with one attached hydrogen (secondary N) is 2. The quantitative estimate of drug-likeness (QED) is 0.547. The number of rotatable bonds is 5. The van der Waals surface area contributed by atoms with Gasteiger partial charge in [0.1, 0.15) is 11.6 Å². The van der Waals surface area contributed by atoms with Crippen molar-refractivity contribution in [1.82, 2.24) is 4.98 Å². The van der Waals surface area contributed by atoms with Gasteiger partial charge in [0, 0.05) is 17.6 Å². The van der Waals surface area contributed by atoms with Crippen LogP contribution in [0, 0.1) is 18.3 Å². The summed E-state index contributed by atoms with van der Waals surface area (Å²) in [6.45, 7) is 1.84. The van der Waals surface area contributed by atoms with Crippen molar-refractivity contribution in [1.29, 1.82) is 5.26 Å². The lowest BCUT2D eigenvalue weighted by Crippen LogP contribution is -2.15. The maximum absolute atomic E-state index is 12.1. The minimum Gasteiger partial charge on any atom is -0.359 e. The van der Waals surface area contributed by atoms with E-state index in [1.54, 1.807) is 24.4 Å². The normalized spacial score (nSPS) is 11.5. The lowest BCUT2D eigenvalue weighted by molar-refractivity contribution is -0.112. The van der Waals surface area contributed by atoms with E-state index in [1.165, 1.54) is 30.5 Å². The highest BCUT2D eigenvalue weighted by Crippen LogP contribution is 2.14. The monoisotopic (exact) mass is 357 g/mol. The Morgan fingerprint density at radius 1 is 1.20 bits per heavy atom. The van der Waals surface area contributed by atoms with E-state index in [2.05, 4.69) is 15.6 Å². The van der Waals surface area contributed by atoms with Gasteiger partial charge in [-0.3, -0.25) is 9.78 Å². The van der Waals surface area contributed by atoms with Crippen molar-refractivity contribution < 1.29 is 13.2 Å². The molecule has 9 heteroatoms. The smallest absolute Gasteiger partial charge is 0.267 e. The second-order valence-corrected chi connectivity index (χ2v) is 6.59. The second-order valence-electron chi connectivity index (χ2n) is 5.03. The number of nitriles is 1. The van der Waals surface area contributed by atoms with Gasteiger partial charge in [-0.15, -0.1) is 0 Å². The minimum absolute atomic E-state index is 0.0740. The molecule has 0 fully saturated rings. The van der Waals surface area contributed by atoms with Gasteiger partial charge in [-0.2, -0.15) is 5.26 Å². The summed E-state index contributed by atoms with van der Waals surface area (Å²) in [5, 5.41) is 19.4. The Morgan fingerprint density at radius 3 is 2.36 bits per heavy atom. The number of carbonyl (C=O) groups excluding carboxylic acids is 1. The van der Waals surface area contributed by atoms with Crippen LogP contribution >= 0.6 is 0 Å². The fourth-order valence-corrected chi connectivity index (χ4v) is 2.30. The summed E-state index contributed by atoms with van der Waals surface area (Å²) in [6.07, 6.45) is 2.84. The number of aromatic nitrogens is 1. The molecule has 0 spiro atoms. The fraction of sp³-hybridized carbons (Fsp3) is 0.0625. The van der Waals surface area contributed by atoms with Crippen LogP contribution in [0.3, 0.4) is 0 Å². The van der Waals surface area contributed by atoms with Crippen molar-refractivity contribution in [3.8, 4) is 6.07 Å². The van der Waals surface area contributed by atoms with Crippen molar-refractivity contribution in [2.75, 3.05) is 10.6 Å². The number of sulfonamides is 1. The van der Waals surface area contributed by atoms with Crippen LogP contribution in [0.25, 0.3) is 0 Å². The van der Waals surface area contributed by atoms with Crippen LogP contribution in [0.2, 0.25) is 0 Å². The summed E-state index contributed by atoms with van der Waals surface area (Å²) in [7, 11) is -3.80. The lowest BCUT2D eigenvalue weighted by Gasteiger charge is -2.06. The zero-order valence-corrected chi connectivity index (χ0v) is 14.0. The summed E-state index contributed by atoms with van der Waals surface area (Å²) in [5.74, 6) is -0.640. The number of nitrogens with zero attached hydrogens (tertiary/aromatic N) is 2. The Morgan fingerprint density at radius 2 is 1.84 bits per heavy atom. The van der Waals surface area contributed by atoms with Crippen molar-refractivity contribution in [3.05, 3.63) is 60.1 Å². The van der Waals surface area contributed by atoms with Gasteiger partial charge in [-0.05, 0) is 43.3 Å². The molecule has 0 atom stereocenters. The van der Waals surface area contributed by atoms with Crippen LogP contribution in [0.5, 0.6) is 0 Å². The molecule has 0 aliphatic rings. The number of hydrogen-bond donors (Lipinski definition) is 3. The molecule has 128 valence electrons. The number of aryl methyl sites for hydroxylation is 1. The average Bonchev–Trinajstić information content (AvgIpc) is 2.56. The third kappa shape index (κ3) is 5.13. The fourth-order valence-electron chi connectivity index (χ4n) is 1.78. The molecular weight excluding hydrogens is 342 g/mol. The molecule has 1 aromatic heterocycles. The molecule has 25 heavy (non-hydrogen) atoms. The first-order chi connectivity index (χ1) is 11.8. The van der Waals surface area contributed by atoms with Crippen LogP contribution in [0.15, 0.2) is 59.3 Å². The number of anilines is 2. The van der Waals surface area contributed by atoms with Gasteiger partial charge in [0.15, 0.2) is 0 Å². The topological polar surface area (TPSA) is 138 Å². The summed E-state index contributed by atoms with van der Waals surface area (Å²) < 4.78 is 22.4. The number of primary sulfonamides is 1. The van der Waals surface area contributed by atoms with Crippen molar-refractivity contribution >= 4 is 27.3 Å². The first-order valence-electron chi connectivity index (χ1n) is 7.03. The molecule has 0 aliphatic heterocycles. The number of carbonyl (C=O) groups is 1. The molecule has 0 bridgehead atoms. The second kappa shape index (κ2) is 7.57. The molecule has 1 amide bonds. The first-order valence-corrected chi connectivity index (χ1v) is 8.58. The van der Waals surface area contributed by atoms with Gasteiger partial charge < -0.3 is 10.6 Å². The third-order valence-corrected chi connectivity index (χ3v) is 4.03. The lowest BCUT2D eigenvalue weighted by atomic mass is 10.2. The number of pyridine rings is 1. The van der Waals surface area contributed by atoms with Gasteiger partial charge in [0.25, 0.3) is 5.91 Å². The molecule has 4 N–H and O–H groups in total. The van der Waals surface area contributed by atoms with Crippen LogP contribution < -0.4 is 15.8 Å². The van der Waals surface area contributed by atoms with E-state index < -0.39 is 15.9 Å². The van der Waals surface area contributed by atoms with Gasteiger partial charge in [-0.1, -0.05) is 0 Å². The summed E-state index contributed by atoms with van der Waals surface area (Å²) >= 11 is 0. The highest BCUT2D eigenvalue weighted by Gasteiger charge is 2.11. The van der Waals surface area contributed by atoms with Gasteiger partial charge in [0.05, 0.1) is 16.8 Å².